The van der Waals surface area contributed by atoms with Crippen LogP contribution in [0.1, 0.15) is 5.56 Å². The number of hydrogen-bond acceptors (Lipinski definition) is 1. The van der Waals surface area contributed by atoms with Crippen LogP contribution in [0.2, 0.25) is 5.02 Å². The van der Waals surface area contributed by atoms with Crippen LogP contribution < -0.4 is 0 Å². The van der Waals surface area contributed by atoms with Crippen molar-refractivity contribution in [3.63, 3.8) is 0 Å². The predicted molar refractivity (Wildman–Crippen MR) is 78.2 cm³/mol. The van der Waals surface area contributed by atoms with E-state index >= 15 is 0 Å². The van der Waals surface area contributed by atoms with Gasteiger partial charge in [0.05, 0.1) is 16.7 Å². The number of halogens is 2. The number of rotatable bonds is 1. The van der Waals surface area contributed by atoms with E-state index in [4.69, 9.17) is 23.8 Å². The SMILES string of the molecule is Cc1cccc2[nH]c(=S)n(-c3ccc(Cl)cc3F)c12. The lowest BCUT2D eigenvalue weighted by molar-refractivity contribution is 0.619. The molecule has 0 aliphatic rings. The summed E-state index contributed by atoms with van der Waals surface area (Å²) in [7, 11) is 0. The Morgan fingerprint density at radius 1 is 1.26 bits per heavy atom. The van der Waals surface area contributed by atoms with Crippen LogP contribution in [-0.4, -0.2) is 9.55 Å². The van der Waals surface area contributed by atoms with Gasteiger partial charge >= 0.3 is 0 Å². The molecule has 0 atom stereocenters. The second-order valence-corrected chi connectivity index (χ2v) is 5.16. The first-order chi connectivity index (χ1) is 9.08. The maximum absolute atomic E-state index is 14.1. The number of para-hydroxylation sites is 1. The summed E-state index contributed by atoms with van der Waals surface area (Å²) in [6.45, 7) is 1.97. The number of nitrogens with zero attached hydrogens (tertiary/aromatic N) is 1. The zero-order valence-corrected chi connectivity index (χ0v) is 11.6. The molecular weight excluding hydrogens is 283 g/mol. The van der Waals surface area contributed by atoms with Gasteiger partial charge in [-0.15, -0.1) is 0 Å². The molecule has 3 aromatic rings. The van der Waals surface area contributed by atoms with Crippen LogP contribution in [0.25, 0.3) is 16.7 Å². The number of imidazole rings is 1. The van der Waals surface area contributed by atoms with Crippen molar-refractivity contribution in [1.82, 2.24) is 9.55 Å². The van der Waals surface area contributed by atoms with Gasteiger partial charge in [-0.25, -0.2) is 4.39 Å². The van der Waals surface area contributed by atoms with Crippen molar-refractivity contribution in [1.29, 1.82) is 0 Å². The zero-order chi connectivity index (χ0) is 13.6. The highest BCUT2D eigenvalue weighted by Gasteiger charge is 2.12. The van der Waals surface area contributed by atoms with Crippen LogP contribution in [0.15, 0.2) is 36.4 Å². The molecule has 96 valence electrons. The van der Waals surface area contributed by atoms with E-state index in [2.05, 4.69) is 4.98 Å². The molecule has 19 heavy (non-hydrogen) atoms. The maximum atomic E-state index is 14.1. The fraction of sp³-hybridized carbons (Fsp3) is 0.0714. The molecule has 1 heterocycles. The highest BCUT2D eigenvalue weighted by Crippen LogP contribution is 2.25. The number of aryl methyl sites for hydroxylation is 1. The first-order valence-corrected chi connectivity index (χ1v) is 6.52. The van der Waals surface area contributed by atoms with E-state index < -0.39 is 5.82 Å². The molecule has 1 aromatic heterocycles. The Kier molecular flexibility index (Phi) is 2.92. The molecular formula is C14H10ClFN2S. The van der Waals surface area contributed by atoms with Gasteiger partial charge in [0.2, 0.25) is 0 Å². The molecule has 2 aromatic carbocycles. The summed E-state index contributed by atoms with van der Waals surface area (Å²) in [6.07, 6.45) is 0. The van der Waals surface area contributed by atoms with Crippen molar-refractivity contribution in [3.05, 3.63) is 57.6 Å². The van der Waals surface area contributed by atoms with E-state index in [0.29, 0.717) is 15.5 Å². The largest absolute Gasteiger partial charge is 0.330 e. The van der Waals surface area contributed by atoms with Gasteiger partial charge in [0.25, 0.3) is 0 Å². The van der Waals surface area contributed by atoms with Gasteiger partial charge in [0, 0.05) is 5.02 Å². The molecule has 3 rings (SSSR count). The van der Waals surface area contributed by atoms with Crippen LogP contribution >= 0.6 is 23.8 Å². The van der Waals surface area contributed by atoms with Gasteiger partial charge in [0.1, 0.15) is 5.82 Å². The Morgan fingerprint density at radius 2 is 2.05 bits per heavy atom. The molecule has 0 unspecified atom stereocenters. The second-order valence-electron chi connectivity index (χ2n) is 4.33. The summed E-state index contributed by atoms with van der Waals surface area (Å²) >= 11 is 11.1. The Bertz CT molecular complexity index is 835. The number of H-pyrrole nitrogens is 1. The standard InChI is InChI=1S/C14H10ClFN2S/c1-8-3-2-4-11-13(8)18(14(19)17-11)12-6-5-9(15)7-10(12)16/h2-7H,1H3,(H,17,19). The smallest absolute Gasteiger partial charge is 0.182 e. The molecule has 0 bridgehead atoms. The molecule has 1 N–H and O–H groups in total. The molecule has 0 saturated heterocycles. The van der Waals surface area contributed by atoms with Crippen molar-refractivity contribution >= 4 is 34.9 Å². The van der Waals surface area contributed by atoms with Crippen molar-refractivity contribution in [2.75, 3.05) is 0 Å². The highest BCUT2D eigenvalue weighted by molar-refractivity contribution is 7.71. The predicted octanol–water partition coefficient (Wildman–Crippen LogP) is 4.79. The Morgan fingerprint density at radius 3 is 2.79 bits per heavy atom. The summed E-state index contributed by atoms with van der Waals surface area (Å²) < 4.78 is 16.3. The van der Waals surface area contributed by atoms with Gasteiger partial charge in [-0.1, -0.05) is 23.7 Å². The first kappa shape index (κ1) is 12.4. The fourth-order valence-corrected chi connectivity index (χ4v) is 2.68. The molecule has 0 spiro atoms. The number of fused-ring (bicyclic) bond motifs is 1. The van der Waals surface area contributed by atoms with Crippen LogP contribution in [0.4, 0.5) is 4.39 Å². The van der Waals surface area contributed by atoms with E-state index in [-0.39, 0.29) is 0 Å². The van der Waals surface area contributed by atoms with E-state index in [1.54, 1.807) is 16.7 Å². The summed E-state index contributed by atoms with van der Waals surface area (Å²) in [5, 5.41) is 0.365. The second kappa shape index (κ2) is 4.47. The van der Waals surface area contributed by atoms with Crippen LogP contribution in [0, 0.1) is 17.5 Å². The number of nitrogens with one attached hydrogen (secondary N) is 1. The minimum atomic E-state index is -0.396. The van der Waals surface area contributed by atoms with Gasteiger partial charge in [-0.3, -0.25) is 4.57 Å². The number of benzene rings is 2. The van der Waals surface area contributed by atoms with Crippen molar-refractivity contribution in [3.8, 4) is 5.69 Å². The van der Waals surface area contributed by atoms with Crippen LogP contribution in [-0.2, 0) is 0 Å². The lowest BCUT2D eigenvalue weighted by Crippen LogP contribution is -1.98. The van der Waals surface area contributed by atoms with E-state index in [9.17, 15) is 4.39 Å². The molecule has 2 nitrogen and oxygen atoms in total. The fourth-order valence-electron chi connectivity index (χ4n) is 2.22. The minimum Gasteiger partial charge on any atom is -0.330 e. The van der Waals surface area contributed by atoms with E-state index in [1.165, 1.54) is 6.07 Å². The summed E-state index contributed by atoms with van der Waals surface area (Å²) in [5.41, 5.74) is 3.20. The molecule has 0 aliphatic carbocycles. The molecule has 0 aliphatic heterocycles. The Hall–Kier alpha value is -1.65. The van der Waals surface area contributed by atoms with E-state index in [0.717, 1.165) is 16.6 Å². The van der Waals surface area contributed by atoms with Crippen LogP contribution in [0.3, 0.4) is 0 Å². The summed E-state index contributed by atoms with van der Waals surface area (Å²) in [5.74, 6) is -0.396. The number of aromatic amines is 1. The average molecular weight is 293 g/mol. The lowest BCUT2D eigenvalue weighted by Gasteiger charge is -2.08. The monoisotopic (exact) mass is 292 g/mol. The average Bonchev–Trinajstić information content (AvgIpc) is 2.67. The van der Waals surface area contributed by atoms with Crippen molar-refractivity contribution in [2.24, 2.45) is 0 Å². The quantitative estimate of drug-likeness (QED) is 0.640. The Balaban J connectivity index is 2.42. The van der Waals surface area contributed by atoms with Gasteiger partial charge in [0.15, 0.2) is 4.77 Å². The summed E-state index contributed by atoms with van der Waals surface area (Å²) in [4.78, 5) is 3.09. The van der Waals surface area contributed by atoms with E-state index in [1.807, 2.05) is 25.1 Å². The van der Waals surface area contributed by atoms with Crippen molar-refractivity contribution in [2.45, 2.75) is 6.92 Å². The maximum Gasteiger partial charge on any atom is 0.182 e. The third kappa shape index (κ3) is 1.97. The highest BCUT2D eigenvalue weighted by atomic mass is 35.5. The number of hydrogen-bond donors (Lipinski definition) is 1. The van der Waals surface area contributed by atoms with Crippen molar-refractivity contribution < 1.29 is 4.39 Å². The third-order valence-electron chi connectivity index (χ3n) is 3.06. The molecule has 0 fully saturated rings. The lowest BCUT2D eigenvalue weighted by atomic mass is 10.2. The van der Waals surface area contributed by atoms with Gasteiger partial charge < -0.3 is 4.98 Å². The molecule has 5 heteroatoms. The molecule has 0 saturated carbocycles. The first-order valence-electron chi connectivity index (χ1n) is 5.73. The molecule has 0 radical (unpaired) electrons. The summed E-state index contributed by atoms with van der Waals surface area (Å²) in [6, 6.07) is 10.4. The van der Waals surface area contributed by atoms with Crippen LogP contribution in [0.5, 0.6) is 0 Å². The van der Waals surface area contributed by atoms with Gasteiger partial charge in [-0.05, 0) is 49.0 Å². The zero-order valence-electron chi connectivity index (χ0n) is 10.1. The Labute approximate surface area is 119 Å². The number of aromatic nitrogens is 2. The normalized spacial score (nSPS) is 11.1. The topological polar surface area (TPSA) is 20.7 Å². The van der Waals surface area contributed by atoms with Gasteiger partial charge in [-0.2, -0.15) is 0 Å². The molecule has 0 amide bonds. The minimum absolute atomic E-state index is 0.365. The third-order valence-corrected chi connectivity index (χ3v) is 3.58.